The Morgan fingerprint density at radius 3 is 2.44 bits per heavy atom. The summed E-state index contributed by atoms with van der Waals surface area (Å²) < 4.78 is 2.44. The third kappa shape index (κ3) is 1.96. The van der Waals surface area contributed by atoms with Gasteiger partial charge in [-0.15, -0.1) is 0 Å². The summed E-state index contributed by atoms with van der Waals surface area (Å²) in [6, 6.07) is 6.24. The van der Waals surface area contributed by atoms with Gasteiger partial charge in [0.2, 0.25) is 0 Å². The van der Waals surface area contributed by atoms with Gasteiger partial charge in [-0.05, 0) is 35.0 Å². The molecule has 0 saturated heterocycles. The van der Waals surface area contributed by atoms with Crippen molar-refractivity contribution in [3.63, 3.8) is 0 Å². The summed E-state index contributed by atoms with van der Waals surface area (Å²) in [4.78, 5) is 10.1. The van der Waals surface area contributed by atoms with E-state index in [1.807, 2.05) is 13.1 Å². The number of benzene rings is 1. The van der Waals surface area contributed by atoms with E-state index in [0.717, 1.165) is 15.9 Å². The van der Waals surface area contributed by atoms with Gasteiger partial charge < -0.3 is 0 Å². The van der Waals surface area contributed by atoms with Gasteiger partial charge in [0.1, 0.15) is 4.60 Å². The Morgan fingerprint density at radius 2 is 2.00 bits per heavy atom. The first-order valence-corrected chi connectivity index (χ1v) is 5.34. The molecule has 0 spiro atoms. The third-order valence-electron chi connectivity index (χ3n) is 2.16. The summed E-state index contributed by atoms with van der Waals surface area (Å²) in [6.45, 7) is 1.93. The van der Waals surface area contributed by atoms with Crippen LogP contribution in [0.3, 0.4) is 0 Å². The minimum Gasteiger partial charge on any atom is -0.258 e. The highest BCUT2D eigenvalue weighted by Gasteiger charge is 2.07. The van der Waals surface area contributed by atoms with Crippen molar-refractivity contribution < 1.29 is 4.92 Å². The van der Waals surface area contributed by atoms with Crippen LogP contribution in [0.25, 0.3) is 5.69 Å². The van der Waals surface area contributed by atoms with Gasteiger partial charge in [-0.3, -0.25) is 10.1 Å². The number of halogens is 1. The van der Waals surface area contributed by atoms with E-state index in [1.54, 1.807) is 16.8 Å². The van der Waals surface area contributed by atoms with Crippen molar-refractivity contribution in [3.05, 3.63) is 50.7 Å². The highest BCUT2D eigenvalue weighted by Crippen LogP contribution is 2.18. The zero-order valence-electron chi connectivity index (χ0n) is 8.42. The Bertz CT molecular complexity index is 514. The molecule has 1 aromatic carbocycles. The molecule has 0 amide bonds. The quantitative estimate of drug-likeness (QED) is 0.628. The first-order valence-electron chi connectivity index (χ1n) is 4.54. The maximum Gasteiger partial charge on any atom is 0.269 e. The lowest BCUT2D eigenvalue weighted by Crippen LogP contribution is -1.95. The summed E-state index contributed by atoms with van der Waals surface area (Å²) >= 11 is 3.31. The number of aromatic nitrogens is 2. The Balaban J connectivity index is 2.38. The summed E-state index contributed by atoms with van der Waals surface area (Å²) in [6.07, 6.45) is 1.85. The highest BCUT2D eigenvalue weighted by molar-refractivity contribution is 9.10. The molecule has 16 heavy (non-hydrogen) atoms. The topological polar surface area (TPSA) is 61.0 Å². The molecule has 5 nitrogen and oxygen atoms in total. The second-order valence-electron chi connectivity index (χ2n) is 3.32. The van der Waals surface area contributed by atoms with Crippen LogP contribution in [0.5, 0.6) is 0 Å². The van der Waals surface area contributed by atoms with E-state index in [1.165, 1.54) is 12.1 Å². The first-order chi connectivity index (χ1) is 7.58. The van der Waals surface area contributed by atoms with Gasteiger partial charge in [-0.2, -0.15) is 5.10 Å². The van der Waals surface area contributed by atoms with Crippen molar-refractivity contribution in [1.82, 2.24) is 9.78 Å². The van der Waals surface area contributed by atoms with Crippen LogP contribution in [0.4, 0.5) is 5.69 Å². The predicted molar refractivity (Wildman–Crippen MR) is 62.7 cm³/mol. The number of hydrogen-bond donors (Lipinski definition) is 0. The van der Waals surface area contributed by atoms with E-state index in [-0.39, 0.29) is 5.69 Å². The van der Waals surface area contributed by atoms with Crippen LogP contribution in [-0.2, 0) is 0 Å². The molecule has 0 aliphatic heterocycles. The van der Waals surface area contributed by atoms with Crippen LogP contribution in [-0.4, -0.2) is 14.7 Å². The molecule has 0 atom stereocenters. The lowest BCUT2D eigenvalue weighted by molar-refractivity contribution is -0.384. The molecular weight excluding hydrogens is 274 g/mol. The molecule has 0 radical (unpaired) electrons. The SMILES string of the molecule is Cc1cn(-c2ccc([N+](=O)[O-])cc2)nc1Br. The Kier molecular flexibility index (Phi) is 2.74. The van der Waals surface area contributed by atoms with E-state index in [9.17, 15) is 10.1 Å². The zero-order valence-corrected chi connectivity index (χ0v) is 10.0. The van der Waals surface area contributed by atoms with Crippen molar-refractivity contribution in [1.29, 1.82) is 0 Å². The van der Waals surface area contributed by atoms with E-state index in [4.69, 9.17) is 0 Å². The molecular formula is C10H8BrN3O2. The number of nitro benzene ring substituents is 1. The minimum absolute atomic E-state index is 0.0756. The van der Waals surface area contributed by atoms with Crippen LogP contribution in [0, 0.1) is 17.0 Å². The van der Waals surface area contributed by atoms with Gasteiger partial charge in [0, 0.05) is 23.9 Å². The number of hydrogen-bond acceptors (Lipinski definition) is 3. The smallest absolute Gasteiger partial charge is 0.258 e. The average Bonchev–Trinajstić information content (AvgIpc) is 2.59. The van der Waals surface area contributed by atoms with Gasteiger partial charge >= 0.3 is 0 Å². The van der Waals surface area contributed by atoms with Crippen LogP contribution in [0.2, 0.25) is 0 Å². The van der Waals surface area contributed by atoms with E-state index >= 15 is 0 Å². The number of rotatable bonds is 2. The molecule has 2 aromatic rings. The van der Waals surface area contributed by atoms with Crippen molar-refractivity contribution in [2.75, 3.05) is 0 Å². The third-order valence-corrected chi connectivity index (χ3v) is 2.95. The maximum absolute atomic E-state index is 10.5. The van der Waals surface area contributed by atoms with Crippen LogP contribution < -0.4 is 0 Å². The fourth-order valence-corrected chi connectivity index (χ4v) is 1.57. The number of aryl methyl sites for hydroxylation is 1. The Morgan fingerprint density at radius 1 is 1.38 bits per heavy atom. The van der Waals surface area contributed by atoms with Crippen molar-refractivity contribution in [2.24, 2.45) is 0 Å². The molecule has 0 fully saturated rings. The van der Waals surface area contributed by atoms with Gasteiger partial charge in [-0.1, -0.05) is 0 Å². The average molecular weight is 282 g/mol. The number of nitro groups is 1. The predicted octanol–water partition coefficient (Wildman–Crippen LogP) is 2.85. The molecule has 0 saturated carbocycles. The summed E-state index contributed by atoms with van der Waals surface area (Å²) in [5.74, 6) is 0. The van der Waals surface area contributed by atoms with Crippen molar-refractivity contribution in [2.45, 2.75) is 6.92 Å². The van der Waals surface area contributed by atoms with Crippen molar-refractivity contribution >= 4 is 21.6 Å². The Hall–Kier alpha value is -1.69. The lowest BCUT2D eigenvalue weighted by Gasteiger charge is -1.99. The zero-order chi connectivity index (χ0) is 11.7. The fraction of sp³-hybridized carbons (Fsp3) is 0.100. The van der Waals surface area contributed by atoms with Gasteiger partial charge in [-0.25, -0.2) is 4.68 Å². The lowest BCUT2D eigenvalue weighted by atomic mass is 10.3. The summed E-state index contributed by atoms with van der Waals surface area (Å²) in [5, 5.41) is 14.7. The van der Waals surface area contributed by atoms with Crippen LogP contribution >= 0.6 is 15.9 Å². The van der Waals surface area contributed by atoms with E-state index < -0.39 is 4.92 Å². The summed E-state index contributed by atoms with van der Waals surface area (Å²) in [7, 11) is 0. The van der Waals surface area contributed by atoms with Gasteiger partial charge in [0.05, 0.1) is 10.6 Å². The molecule has 0 N–H and O–H groups in total. The normalized spacial score (nSPS) is 10.4. The maximum atomic E-state index is 10.5. The molecule has 2 rings (SSSR count). The first kappa shape index (κ1) is 10.8. The minimum atomic E-state index is -0.423. The van der Waals surface area contributed by atoms with E-state index in [0.29, 0.717) is 0 Å². The second-order valence-corrected chi connectivity index (χ2v) is 4.07. The molecule has 82 valence electrons. The number of nitrogens with zero attached hydrogens (tertiary/aromatic N) is 3. The standard InChI is InChI=1S/C10H8BrN3O2/c1-7-6-13(12-10(7)11)8-2-4-9(5-3-8)14(15)16/h2-6H,1H3. The summed E-state index contributed by atoms with van der Waals surface area (Å²) in [5.41, 5.74) is 1.88. The molecule has 1 heterocycles. The van der Waals surface area contributed by atoms with Crippen LogP contribution in [0.15, 0.2) is 35.1 Å². The molecule has 1 aromatic heterocycles. The second kappa shape index (κ2) is 4.05. The highest BCUT2D eigenvalue weighted by atomic mass is 79.9. The fourth-order valence-electron chi connectivity index (χ4n) is 1.30. The molecule has 0 aliphatic carbocycles. The molecule has 0 bridgehead atoms. The van der Waals surface area contributed by atoms with Crippen molar-refractivity contribution in [3.8, 4) is 5.69 Å². The Labute approximate surface area is 100.0 Å². The largest absolute Gasteiger partial charge is 0.269 e. The number of non-ortho nitro benzene ring substituents is 1. The molecule has 0 unspecified atom stereocenters. The molecule has 0 aliphatic rings. The van der Waals surface area contributed by atoms with Crippen LogP contribution in [0.1, 0.15) is 5.56 Å². The van der Waals surface area contributed by atoms with Gasteiger partial charge in [0.15, 0.2) is 0 Å². The molecule has 6 heteroatoms. The van der Waals surface area contributed by atoms with E-state index in [2.05, 4.69) is 21.0 Å². The monoisotopic (exact) mass is 281 g/mol. The van der Waals surface area contributed by atoms with Gasteiger partial charge in [0.25, 0.3) is 5.69 Å².